The number of aromatic nitrogens is 1. The minimum atomic E-state index is -0.177. The van der Waals surface area contributed by atoms with Gasteiger partial charge in [-0.25, -0.2) is 4.79 Å². The van der Waals surface area contributed by atoms with Gasteiger partial charge in [0.05, 0.1) is 16.4 Å². The van der Waals surface area contributed by atoms with Crippen molar-refractivity contribution in [1.29, 1.82) is 0 Å². The topological polar surface area (TPSA) is 48.5 Å². The number of hydrogen-bond donors (Lipinski definition) is 1. The zero-order valence-corrected chi connectivity index (χ0v) is 12.0. The molecule has 0 saturated carbocycles. The molecule has 5 nitrogen and oxygen atoms in total. The van der Waals surface area contributed by atoms with Crippen LogP contribution in [0.25, 0.3) is 0 Å². The monoisotopic (exact) mass is 270 g/mol. The van der Waals surface area contributed by atoms with Crippen LogP contribution in [0.4, 0.5) is 10.5 Å². The second kappa shape index (κ2) is 6.56. The second-order valence-electron chi connectivity index (χ2n) is 4.41. The van der Waals surface area contributed by atoms with Crippen LogP contribution in [0.5, 0.6) is 0 Å². The van der Waals surface area contributed by atoms with Gasteiger partial charge in [0.15, 0.2) is 0 Å². The van der Waals surface area contributed by atoms with Crippen molar-refractivity contribution >= 4 is 23.3 Å². The van der Waals surface area contributed by atoms with Crippen molar-refractivity contribution in [2.24, 2.45) is 0 Å². The Morgan fingerprint density at radius 2 is 2.06 bits per heavy atom. The normalized spacial score (nSPS) is 10.6. The van der Waals surface area contributed by atoms with Crippen LogP contribution in [-0.4, -0.2) is 55.0 Å². The molecule has 0 aromatic carbocycles. The zero-order chi connectivity index (χ0) is 13.7. The first-order chi connectivity index (χ1) is 8.41. The van der Waals surface area contributed by atoms with Crippen LogP contribution in [0.1, 0.15) is 5.69 Å². The lowest BCUT2D eigenvalue weighted by Crippen LogP contribution is -2.36. The molecule has 1 rings (SSSR count). The van der Waals surface area contributed by atoms with Gasteiger partial charge in [-0.15, -0.1) is 0 Å². The fourth-order valence-corrected chi connectivity index (χ4v) is 1.47. The molecule has 1 aromatic heterocycles. The van der Waals surface area contributed by atoms with Crippen molar-refractivity contribution < 1.29 is 4.79 Å². The summed E-state index contributed by atoms with van der Waals surface area (Å²) in [5, 5.41) is 3.25. The molecule has 100 valence electrons. The van der Waals surface area contributed by atoms with Gasteiger partial charge in [0.2, 0.25) is 0 Å². The summed E-state index contributed by atoms with van der Waals surface area (Å²) in [6.07, 6.45) is 1.62. The predicted molar refractivity (Wildman–Crippen MR) is 74.2 cm³/mol. The van der Waals surface area contributed by atoms with E-state index in [2.05, 4.69) is 10.3 Å². The molecule has 0 aliphatic rings. The van der Waals surface area contributed by atoms with Crippen LogP contribution in [0, 0.1) is 6.92 Å². The lowest BCUT2D eigenvalue weighted by molar-refractivity contribution is 0.217. The first-order valence-electron chi connectivity index (χ1n) is 5.69. The summed E-state index contributed by atoms with van der Waals surface area (Å²) < 4.78 is 0. The highest BCUT2D eigenvalue weighted by Gasteiger charge is 2.11. The molecular weight excluding hydrogens is 252 g/mol. The first-order valence-corrected chi connectivity index (χ1v) is 6.07. The number of carbonyl (C=O) groups is 1. The van der Waals surface area contributed by atoms with Crippen molar-refractivity contribution in [3.8, 4) is 0 Å². The Balaban J connectivity index is 2.61. The summed E-state index contributed by atoms with van der Waals surface area (Å²) in [7, 11) is 5.68. The van der Waals surface area contributed by atoms with Crippen LogP contribution in [0.3, 0.4) is 0 Å². The molecule has 2 amide bonds. The Morgan fingerprint density at radius 1 is 1.39 bits per heavy atom. The zero-order valence-electron chi connectivity index (χ0n) is 11.2. The number of carbonyl (C=O) groups excluding carboxylic acids is 1. The van der Waals surface area contributed by atoms with E-state index in [-0.39, 0.29) is 6.03 Å². The fraction of sp³-hybridized carbons (Fsp3) is 0.500. The molecule has 0 aliphatic carbocycles. The van der Waals surface area contributed by atoms with Crippen LogP contribution >= 0.6 is 11.6 Å². The highest BCUT2D eigenvalue weighted by Crippen LogP contribution is 2.23. The number of hydrogen-bond acceptors (Lipinski definition) is 3. The molecule has 1 heterocycles. The van der Waals surface area contributed by atoms with E-state index >= 15 is 0 Å². The summed E-state index contributed by atoms with van der Waals surface area (Å²) in [5.74, 6) is 0. The van der Waals surface area contributed by atoms with E-state index in [1.165, 1.54) is 0 Å². The lowest BCUT2D eigenvalue weighted by atomic mass is 10.3. The maximum Gasteiger partial charge on any atom is 0.321 e. The van der Waals surface area contributed by atoms with E-state index in [9.17, 15) is 4.79 Å². The first kappa shape index (κ1) is 14.7. The van der Waals surface area contributed by atoms with E-state index in [1.54, 1.807) is 31.1 Å². The standard InChI is InChI=1S/C12H19ClN4O/c1-9-11(13)10(5-6-14-9)15-12(18)17(4)8-7-16(2)3/h5-6H,7-8H2,1-4H3,(H,14,15,18). The minimum absolute atomic E-state index is 0.177. The van der Waals surface area contributed by atoms with Crippen molar-refractivity contribution in [2.45, 2.75) is 6.92 Å². The number of aryl methyl sites for hydroxylation is 1. The molecule has 0 bridgehead atoms. The SMILES string of the molecule is Cc1nccc(NC(=O)N(C)CCN(C)C)c1Cl. The van der Waals surface area contributed by atoms with Crippen LogP contribution in [0.2, 0.25) is 5.02 Å². The third-order valence-electron chi connectivity index (χ3n) is 2.53. The van der Waals surface area contributed by atoms with Gasteiger partial charge in [0.25, 0.3) is 0 Å². The number of nitrogens with zero attached hydrogens (tertiary/aromatic N) is 3. The Kier molecular flexibility index (Phi) is 5.37. The van der Waals surface area contributed by atoms with Crippen LogP contribution < -0.4 is 5.32 Å². The summed E-state index contributed by atoms with van der Waals surface area (Å²) in [4.78, 5) is 19.6. The van der Waals surface area contributed by atoms with E-state index in [4.69, 9.17) is 11.6 Å². The summed E-state index contributed by atoms with van der Waals surface area (Å²) in [6, 6.07) is 1.51. The number of rotatable bonds is 4. The highest BCUT2D eigenvalue weighted by atomic mass is 35.5. The molecule has 0 atom stereocenters. The number of pyridine rings is 1. The largest absolute Gasteiger partial charge is 0.326 e. The van der Waals surface area contributed by atoms with Gasteiger partial charge in [0.1, 0.15) is 0 Å². The molecule has 0 saturated heterocycles. The van der Waals surface area contributed by atoms with Gasteiger partial charge in [-0.2, -0.15) is 0 Å². The Labute approximate surface area is 113 Å². The van der Waals surface area contributed by atoms with Crippen molar-refractivity contribution in [2.75, 3.05) is 39.5 Å². The minimum Gasteiger partial charge on any atom is -0.326 e. The van der Waals surface area contributed by atoms with Gasteiger partial charge in [0, 0.05) is 26.3 Å². The Hall–Kier alpha value is -1.33. The number of anilines is 1. The van der Waals surface area contributed by atoms with E-state index in [0.29, 0.717) is 22.9 Å². The number of urea groups is 1. The van der Waals surface area contributed by atoms with Gasteiger partial charge in [-0.3, -0.25) is 4.98 Å². The Morgan fingerprint density at radius 3 is 2.67 bits per heavy atom. The quantitative estimate of drug-likeness (QED) is 0.911. The third kappa shape index (κ3) is 4.16. The second-order valence-corrected chi connectivity index (χ2v) is 4.79. The number of likely N-dealkylation sites (N-methyl/N-ethyl adjacent to an activating group) is 2. The van der Waals surface area contributed by atoms with Crippen LogP contribution in [-0.2, 0) is 0 Å². The van der Waals surface area contributed by atoms with Gasteiger partial charge < -0.3 is 15.1 Å². The molecular formula is C12H19ClN4O. The molecule has 0 radical (unpaired) electrons. The van der Waals surface area contributed by atoms with E-state index < -0.39 is 0 Å². The van der Waals surface area contributed by atoms with Crippen molar-refractivity contribution in [3.05, 3.63) is 23.0 Å². The van der Waals surface area contributed by atoms with Gasteiger partial charge in [-0.05, 0) is 27.1 Å². The lowest BCUT2D eigenvalue weighted by Gasteiger charge is -2.20. The number of nitrogens with one attached hydrogen (secondary N) is 1. The maximum absolute atomic E-state index is 11.9. The van der Waals surface area contributed by atoms with Crippen molar-refractivity contribution in [3.63, 3.8) is 0 Å². The van der Waals surface area contributed by atoms with Gasteiger partial charge >= 0.3 is 6.03 Å². The smallest absolute Gasteiger partial charge is 0.321 e. The summed E-state index contributed by atoms with van der Waals surface area (Å²) >= 11 is 6.07. The van der Waals surface area contributed by atoms with Crippen molar-refractivity contribution in [1.82, 2.24) is 14.8 Å². The maximum atomic E-state index is 11.9. The molecule has 0 aliphatic heterocycles. The van der Waals surface area contributed by atoms with Crippen LogP contribution in [0.15, 0.2) is 12.3 Å². The fourth-order valence-electron chi connectivity index (χ4n) is 1.31. The number of halogens is 1. The van der Waals surface area contributed by atoms with E-state index in [1.807, 2.05) is 19.0 Å². The summed E-state index contributed by atoms with van der Waals surface area (Å²) in [5.41, 5.74) is 1.29. The summed E-state index contributed by atoms with van der Waals surface area (Å²) in [6.45, 7) is 3.27. The average molecular weight is 271 g/mol. The van der Waals surface area contributed by atoms with Gasteiger partial charge in [-0.1, -0.05) is 11.6 Å². The molecule has 1 N–H and O–H groups in total. The molecule has 18 heavy (non-hydrogen) atoms. The molecule has 0 fully saturated rings. The molecule has 6 heteroatoms. The highest BCUT2D eigenvalue weighted by molar-refractivity contribution is 6.34. The molecule has 1 aromatic rings. The number of amides is 2. The van der Waals surface area contributed by atoms with E-state index in [0.717, 1.165) is 6.54 Å². The molecule has 0 spiro atoms. The average Bonchev–Trinajstić information content (AvgIpc) is 2.31. The third-order valence-corrected chi connectivity index (χ3v) is 3.01. The predicted octanol–water partition coefficient (Wildman–Crippen LogP) is 2.07. The Bertz CT molecular complexity index is 423. The molecule has 0 unspecified atom stereocenters.